The molecule has 3 aromatic carbocycles. The molecule has 0 saturated carbocycles. The zero-order valence-electron chi connectivity index (χ0n) is 22.7. The summed E-state index contributed by atoms with van der Waals surface area (Å²) in [5.41, 5.74) is 2.18. The zero-order chi connectivity index (χ0) is 31.0. The highest BCUT2D eigenvalue weighted by Gasteiger charge is 2.29. The van der Waals surface area contributed by atoms with Gasteiger partial charge in [-0.2, -0.15) is 18.2 Å². The minimum Gasteiger partial charge on any atom is -0.464 e. The van der Waals surface area contributed by atoms with Crippen LogP contribution in [-0.4, -0.2) is 30.6 Å². The molecule has 224 valence electrons. The standard InChI is InChI=1S/C31H22F4N4O4S/c32-21-11-7-18(8-12-21)13-14-38-27(40)25-15-22(16-31(33,34)35)44-28(25)39(30(38)42)17-19-5-9-20(10-6-19)23-3-1-2-4-24(23)26-36-29(41)43-37-26/h1-12,15H,13-14,16-17H2,(H,36,37,41). The van der Waals surface area contributed by atoms with Gasteiger partial charge in [0, 0.05) is 17.0 Å². The molecule has 44 heavy (non-hydrogen) atoms. The maximum Gasteiger partial charge on any atom is 0.415 e. The average molecular weight is 623 g/mol. The first-order valence-corrected chi connectivity index (χ1v) is 14.2. The summed E-state index contributed by atoms with van der Waals surface area (Å²) in [6.07, 6.45) is -6.03. The summed E-state index contributed by atoms with van der Waals surface area (Å²) in [6, 6.07) is 21.2. The SMILES string of the molecule is O=c1c2cc(CC(F)(F)F)sc2n(Cc2ccc(-c3ccccc3-c3noc(O)n3)cc2)c(=O)n1CCc1ccc(F)cc1. The van der Waals surface area contributed by atoms with Crippen LogP contribution in [0.4, 0.5) is 17.6 Å². The number of rotatable bonds is 8. The minimum atomic E-state index is -4.49. The Kier molecular flexibility index (Phi) is 7.64. The first-order valence-electron chi connectivity index (χ1n) is 13.3. The summed E-state index contributed by atoms with van der Waals surface area (Å²) < 4.78 is 60.1. The van der Waals surface area contributed by atoms with Crippen LogP contribution < -0.4 is 11.2 Å². The molecule has 0 atom stereocenters. The number of aromatic nitrogens is 4. The molecule has 0 unspecified atom stereocenters. The molecule has 6 rings (SSSR count). The van der Waals surface area contributed by atoms with E-state index < -0.39 is 35.7 Å². The fourth-order valence-electron chi connectivity index (χ4n) is 4.99. The summed E-state index contributed by atoms with van der Waals surface area (Å²) in [5, 5.41) is 13.3. The third-order valence-electron chi connectivity index (χ3n) is 7.05. The Morgan fingerprint density at radius 2 is 1.57 bits per heavy atom. The number of nitrogens with zero attached hydrogens (tertiary/aromatic N) is 4. The zero-order valence-corrected chi connectivity index (χ0v) is 23.5. The van der Waals surface area contributed by atoms with Gasteiger partial charge in [-0.25, -0.2) is 9.18 Å². The summed E-state index contributed by atoms with van der Waals surface area (Å²) in [5.74, 6) is -0.222. The number of alkyl halides is 3. The lowest BCUT2D eigenvalue weighted by Crippen LogP contribution is -2.40. The number of hydrogen-bond acceptors (Lipinski definition) is 7. The van der Waals surface area contributed by atoms with Gasteiger partial charge in [0.1, 0.15) is 10.6 Å². The Labute approximate surface area is 250 Å². The van der Waals surface area contributed by atoms with Crippen LogP contribution in [0.15, 0.2) is 93.0 Å². The number of thiophene rings is 1. The van der Waals surface area contributed by atoms with Gasteiger partial charge < -0.3 is 5.11 Å². The lowest BCUT2D eigenvalue weighted by Gasteiger charge is -2.13. The highest BCUT2D eigenvalue weighted by molar-refractivity contribution is 7.18. The van der Waals surface area contributed by atoms with Crippen molar-refractivity contribution in [3.05, 3.63) is 122 Å². The number of aryl methyl sites for hydroxylation is 1. The van der Waals surface area contributed by atoms with Gasteiger partial charge >= 0.3 is 17.9 Å². The second kappa shape index (κ2) is 11.6. The number of halogens is 4. The molecule has 6 aromatic rings. The van der Waals surface area contributed by atoms with Gasteiger partial charge in [-0.1, -0.05) is 65.8 Å². The highest BCUT2D eigenvalue weighted by atomic mass is 32.1. The van der Waals surface area contributed by atoms with Crippen LogP contribution in [0, 0.1) is 5.82 Å². The van der Waals surface area contributed by atoms with Crippen molar-refractivity contribution in [3.63, 3.8) is 0 Å². The quantitative estimate of drug-likeness (QED) is 0.203. The monoisotopic (exact) mass is 622 g/mol. The van der Waals surface area contributed by atoms with Crippen LogP contribution in [0.25, 0.3) is 32.7 Å². The lowest BCUT2D eigenvalue weighted by molar-refractivity contribution is -0.126. The molecule has 8 nitrogen and oxygen atoms in total. The number of fused-ring (bicyclic) bond motifs is 1. The molecule has 0 spiro atoms. The molecule has 3 aromatic heterocycles. The second-order valence-corrected chi connectivity index (χ2v) is 11.2. The molecular formula is C31H22F4N4O4S. The van der Waals surface area contributed by atoms with E-state index in [0.717, 1.165) is 27.0 Å². The van der Waals surface area contributed by atoms with Crippen LogP contribution in [0.5, 0.6) is 6.08 Å². The smallest absolute Gasteiger partial charge is 0.415 e. The van der Waals surface area contributed by atoms with E-state index in [0.29, 0.717) is 16.7 Å². The van der Waals surface area contributed by atoms with Gasteiger partial charge in [0.05, 0.1) is 18.4 Å². The summed E-state index contributed by atoms with van der Waals surface area (Å²) >= 11 is 0.769. The number of hydrogen-bond donors (Lipinski definition) is 1. The largest absolute Gasteiger partial charge is 0.464 e. The molecule has 3 heterocycles. The molecule has 0 aliphatic carbocycles. The lowest BCUT2D eigenvalue weighted by atomic mass is 9.98. The number of aromatic hydroxyl groups is 1. The summed E-state index contributed by atoms with van der Waals surface area (Å²) in [4.78, 5) is 31.0. The molecule has 0 amide bonds. The molecule has 1 N–H and O–H groups in total. The van der Waals surface area contributed by atoms with Crippen LogP contribution in [0.3, 0.4) is 0 Å². The first kappa shape index (κ1) is 29.1. The van der Waals surface area contributed by atoms with Crippen LogP contribution in [0.1, 0.15) is 16.0 Å². The molecule has 0 bridgehead atoms. The molecular weight excluding hydrogens is 600 g/mol. The predicted molar refractivity (Wildman–Crippen MR) is 156 cm³/mol. The van der Waals surface area contributed by atoms with E-state index in [1.54, 1.807) is 36.4 Å². The van der Waals surface area contributed by atoms with Gasteiger partial charge in [0.15, 0.2) is 0 Å². The maximum atomic E-state index is 13.7. The topological polar surface area (TPSA) is 103 Å². The fourth-order valence-corrected chi connectivity index (χ4v) is 6.16. The van der Waals surface area contributed by atoms with Crippen molar-refractivity contribution in [2.45, 2.75) is 32.1 Å². The van der Waals surface area contributed by atoms with Gasteiger partial charge in [0.25, 0.3) is 5.56 Å². The molecule has 0 fully saturated rings. The van der Waals surface area contributed by atoms with Crippen molar-refractivity contribution in [1.82, 2.24) is 19.3 Å². The van der Waals surface area contributed by atoms with Crippen molar-refractivity contribution in [3.8, 4) is 28.6 Å². The summed E-state index contributed by atoms with van der Waals surface area (Å²) in [6.45, 7) is -0.0379. The van der Waals surface area contributed by atoms with E-state index in [1.165, 1.54) is 22.8 Å². The van der Waals surface area contributed by atoms with Crippen molar-refractivity contribution in [2.75, 3.05) is 0 Å². The molecule has 13 heteroatoms. The Balaban J connectivity index is 1.37. The highest BCUT2D eigenvalue weighted by Crippen LogP contribution is 2.32. The van der Waals surface area contributed by atoms with Gasteiger partial charge in [-0.05, 0) is 46.9 Å². The van der Waals surface area contributed by atoms with Gasteiger partial charge in [-0.3, -0.25) is 18.5 Å². The second-order valence-electron chi connectivity index (χ2n) is 10.1. The van der Waals surface area contributed by atoms with E-state index in [1.807, 2.05) is 24.3 Å². The summed E-state index contributed by atoms with van der Waals surface area (Å²) in [7, 11) is 0. The third kappa shape index (κ3) is 6.04. The van der Waals surface area contributed by atoms with E-state index in [2.05, 4.69) is 10.1 Å². The van der Waals surface area contributed by atoms with E-state index >= 15 is 0 Å². The maximum absolute atomic E-state index is 13.7. The van der Waals surface area contributed by atoms with Crippen molar-refractivity contribution in [1.29, 1.82) is 0 Å². The van der Waals surface area contributed by atoms with Crippen LogP contribution >= 0.6 is 11.3 Å². The fraction of sp³-hybridized carbons (Fsp3) is 0.161. The first-order chi connectivity index (χ1) is 21.1. The minimum absolute atomic E-state index is 0.00122. The Morgan fingerprint density at radius 3 is 2.23 bits per heavy atom. The van der Waals surface area contributed by atoms with Gasteiger partial charge in [-0.15, -0.1) is 11.3 Å². The van der Waals surface area contributed by atoms with Crippen molar-refractivity contribution >= 4 is 21.6 Å². The Hall–Kier alpha value is -5.04. The third-order valence-corrected chi connectivity index (χ3v) is 8.20. The predicted octanol–water partition coefficient (Wildman–Crippen LogP) is 6.18. The van der Waals surface area contributed by atoms with Gasteiger partial charge in [0.2, 0.25) is 5.82 Å². The Bertz CT molecular complexity index is 2080. The van der Waals surface area contributed by atoms with Crippen molar-refractivity contribution in [2.24, 2.45) is 0 Å². The van der Waals surface area contributed by atoms with E-state index in [9.17, 15) is 32.3 Å². The molecule has 0 radical (unpaired) electrons. The van der Waals surface area contributed by atoms with E-state index in [-0.39, 0.29) is 40.4 Å². The molecule has 0 aliphatic rings. The van der Waals surface area contributed by atoms with E-state index in [4.69, 9.17) is 4.52 Å². The van der Waals surface area contributed by atoms with Crippen LogP contribution in [0.2, 0.25) is 0 Å². The van der Waals surface area contributed by atoms with Crippen molar-refractivity contribution < 1.29 is 27.2 Å². The van der Waals surface area contributed by atoms with Crippen LogP contribution in [-0.2, 0) is 25.9 Å². The number of benzene rings is 3. The average Bonchev–Trinajstić information content (AvgIpc) is 3.62. The molecule has 0 saturated heterocycles. The Morgan fingerprint density at radius 1 is 0.886 bits per heavy atom. The normalized spacial score (nSPS) is 11.8. The molecule has 0 aliphatic heterocycles.